The first-order chi connectivity index (χ1) is 8.69. The molecule has 98 valence electrons. The van der Waals surface area contributed by atoms with Gasteiger partial charge in [0.05, 0.1) is 5.69 Å². The number of hydrogen-bond donors (Lipinski definition) is 1. The minimum atomic E-state index is 0.408. The number of halogens is 1. The van der Waals surface area contributed by atoms with Crippen LogP contribution in [-0.2, 0) is 0 Å². The second kappa shape index (κ2) is 4.86. The number of benzene rings is 1. The Morgan fingerprint density at radius 1 is 1.39 bits per heavy atom. The molecule has 18 heavy (non-hydrogen) atoms. The van der Waals surface area contributed by atoms with Gasteiger partial charge in [0.1, 0.15) is 0 Å². The molecule has 3 atom stereocenters. The summed E-state index contributed by atoms with van der Waals surface area (Å²) in [4.78, 5) is 2.60. The van der Waals surface area contributed by atoms with Gasteiger partial charge in [-0.15, -0.1) is 0 Å². The van der Waals surface area contributed by atoms with Crippen molar-refractivity contribution in [1.82, 2.24) is 5.32 Å². The monoisotopic (exact) mass is 308 g/mol. The molecule has 1 aromatic carbocycles. The quantitative estimate of drug-likeness (QED) is 0.915. The van der Waals surface area contributed by atoms with Crippen LogP contribution in [-0.4, -0.2) is 19.6 Å². The van der Waals surface area contributed by atoms with Crippen molar-refractivity contribution in [3.63, 3.8) is 0 Å². The van der Waals surface area contributed by atoms with E-state index in [-0.39, 0.29) is 0 Å². The van der Waals surface area contributed by atoms with Crippen LogP contribution in [0.5, 0.6) is 0 Å². The molecule has 1 heterocycles. The van der Waals surface area contributed by atoms with Gasteiger partial charge < -0.3 is 10.2 Å². The molecule has 1 saturated heterocycles. The summed E-state index contributed by atoms with van der Waals surface area (Å²) in [5.41, 5.74) is 2.73. The minimum absolute atomic E-state index is 0.408. The van der Waals surface area contributed by atoms with Gasteiger partial charge in [0, 0.05) is 23.1 Å². The summed E-state index contributed by atoms with van der Waals surface area (Å²) in [7, 11) is 2.01. The fourth-order valence-electron chi connectivity index (χ4n) is 3.41. The third-order valence-corrected chi connectivity index (χ3v) is 5.26. The molecule has 0 radical (unpaired) electrons. The van der Waals surface area contributed by atoms with E-state index in [1.54, 1.807) is 0 Å². The van der Waals surface area contributed by atoms with Gasteiger partial charge in [0.2, 0.25) is 0 Å². The van der Waals surface area contributed by atoms with Crippen molar-refractivity contribution in [1.29, 1.82) is 0 Å². The van der Waals surface area contributed by atoms with Crippen molar-refractivity contribution in [2.75, 3.05) is 18.5 Å². The molecule has 0 amide bonds. The number of anilines is 1. The summed E-state index contributed by atoms with van der Waals surface area (Å²) in [6.45, 7) is 3.45. The molecular formula is C15H21BrN2. The summed E-state index contributed by atoms with van der Waals surface area (Å²) in [6, 6.07) is 8.01. The zero-order chi connectivity index (χ0) is 12.7. The summed E-state index contributed by atoms with van der Waals surface area (Å²) < 4.78 is 1.25. The lowest BCUT2D eigenvalue weighted by atomic mass is 10.1. The first-order valence-electron chi connectivity index (χ1n) is 6.92. The maximum Gasteiger partial charge on any atom is 0.0513 e. The van der Waals surface area contributed by atoms with Gasteiger partial charge in [-0.2, -0.15) is 0 Å². The molecule has 0 spiro atoms. The van der Waals surface area contributed by atoms with E-state index in [1.165, 1.54) is 41.5 Å². The van der Waals surface area contributed by atoms with Crippen LogP contribution in [0.1, 0.15) is 37.8 Å². The number of nitrogens with zero attached hydrogens (tertiary/aromatic N) is 1. The Hall–Kier alpha value is -0.540. The lowest BCUT2D eigenvalue weighted by molar-refractivity contribution is 0.553. The number of hydrogen-bond acceptors (Lipinski definition) is 2. The SMILES string of the molecule is CNC(C)c1ccc(N2CC3CCC2C3)c(Br)c1. The second-order valence-electron chi connectivity index (χ2n) is 5.71. The third-order valence-electron chi connectivity index (χ3n) is 4.62. The molecule has 3 rings (SSSR count). The summed E-state index contributed by atoms with van der Waals surface area (Å²) in [5, 5.41) is 3.29. The standard InChI is InChI=1S/C15H21BrN2/c1-10(17-2)12-4-6-15(14(16)8-12)18-9-11-3-5-13(18)7-11/h4,6,8,10-11,13,17H,3,5,7,9H2,1-2H3. The van der Waals surface area contributed by atoms with Crippen LogP contribution in [0.3, 0.4) is 0 Å². The number of rotatable bonds is 3. The Bertz CT molecular complexity index is 446. The zero-order valence-electron chi connectivity index (χ0n) is 11.1. The van der Waals surface area contributed by atoms with E-state index in [0.29, 0.717) is 6.04 Å². The maximum atomic E-state index is 3.76. The van der Waals surface area contributed by atoms with Crippen LogP contribution >= 0.6 is 15.9 Å². The molecule has 1 aliphatic heterocycles. The van der Waals surface area contributed by atoms with E-state index in [4.69, 9.17) is 0 Å². The smallest absolute Gasteiger partial charge is 0.0513 e. The molecular weight excluding hydrogens is 288 g/mol. The second-order valence-corrected chi connectivity index (χ2v) is 6.56. The Morgan fingerprint density at radius 2 is 2.22 bits per heavy atom. The van der Waals surface area contributed by atoms with Crippen LogP contribution in [0.4, 0.5) is 5.69 Å². The molecule has 1 aliphatic carbocycles. The van der Waals surface area contributed by atoms with E-state index in [1.807, 2.05) is 7.05 Å². The van der Waals surface area contributed by atoms with Crippen molar-refractivity contribution < 1.29 is 0 Å². The van der Waals surface area contributed by atoms with Crippen molar-refractivity contribution in [3.8, 4) is 0 Å². The third kappa shape index (κ3) is 2.08. The van der Waals surface area contributed by atoms with Crippen LogP contribution in [0, 0.1) is 5.92 Å². The lowest BCUT2D eigenvalue weighted by Gasteiger charge is -2.30. The molecule has 3 heteroatoms. The fourth-order valence-corrected chi connectivity index (χ4v) is 4.04. The Kier molecular flexibility index (Phi) is 3.37. The predicted octanol–water partition coefficient (Wildman–Crippen LogP) is 3.72. The topological polar surface area (TPSA) is 15.3 Å². The van der Waals surface area contributed by atoms with Crippen molar-refractivity contribution in [3.05, 3.63) is 28.2 Å². The summed E-state index contributed by atoms with van der Waals surface area (Å²) in [5.74, 6) is 0.942. The van der Waals surface area contributed by atoms with Gasteiger partial charge in [-0.05, 0) is 72.8 Å². The Balaban J connectivity index is 1.85. The van der Waals surface area contributed by atoms with Crippen molar-refractivity contribution >= 4 is 21.6 Å². The zero-order valence-corrected chi connectivity index (χ0v) is 12.7. The average molecular weight is 309 g/mol. The van der Waals surface area contributed by atoms with Crippen LogP contribution < -0.4 is 10.2 Å². The van der Waals surface area contributed by atoms with Crippen LogP contribution in [0.25, 0.3) is 0 Å². The highest BCUT2D eigenvalue weighted by atomic mass is 79.9. The highest BCUT2D eigenvalue weighted by Crippen LogP contribution is 2.42. The van der Waals surface area contributed by atoms with Crippen molar-refractivity contribution in [2.24, 2.45) is 5.92 Å². The largest absolute Gasteiger partial charge is 0.367 e. The molecule has 2 bridgehead atoms. The highest BCUT2D eigenvalue weighted by Gasteiger charge is 2.38. The van der Waals surface area contributed by atoms with Gasteiger partial charge in [-0.3, -0.25) is 0 Å². The van der Waals surface area contributed by atoms with Gasteiger partial charge in [-0.25, -0.2) is 0 Å². The summed E-state index contributed by atoms with van der Waals surface area (Å²) >= 11 is 3.76. The predicted molar refractivity (Wildman–Crippen MR) is 80.1 cm³/mol. The Morgan fingerprint density at radius 3 is 2.78 bits per heavy atom. The normalized spacial score (nSPS) is 27.8. The van der Waals surface area contributed by atoms with E-state index in [2.05, 4.69) is 51.3 Å². The Labute approximate surface area is 118 Å². The minimum Gasteiger partial charge on any atom is -0.367 e. The van der Waals surface area contributed by atoms with E-state index in [0.717, 1.165) is 12.0 Å². The molecule has 3 unspecified atom stereocenters. The molecule has 0 aromatic heterocycles. The number of piperidine rings is 1. The first kappa shape index (κ1) is 12.5. The molecule has 2 fully saturated rings. The van der Waals surface area contributed by atoms with Gasteiger partial charge in [-0.1, -0.05) is 6.07 Å². The number of nitrogens with one attached hydrogen (secondary N) is 1. The summed E-state index contributed by atoms with van der Waals surface area (Å²) in [6.07, 6.45) is 4.22. The molecule has 1 N–H and O–H groups in total. The van der Waals surface area contributed by atoms with E-state index in [9.17, 15) is 0 Å². The molecule has 1 saturated carbocycles. The highest BCUT2D eigenvalue weighted by molar-refractivity contribution is 9.10. The number of fused-ring (bicyclic) bond motifs is 2. The molecule has 2 aliphatic rings. The fraction of sp³-hybridized carbons (Fsp3) is 0.600. The van der Waals surface area contributed by atoms with E-state index < -0.39 is 0 Å². The maximum absolute atomic E-state index is 3.76. The molecule has 1 aromatic rings. The average Bonchev–Trinajstić information content (AvgIpc) is 3.00. The van der Waals surface area contributed by atoms with E-state index >= 15 is 0 Å². The van der Waals surface area contributed by atoms with Gasteiger partial charge in [0.25, 0.3) is 0 Å². The first-order valence-corrected chi connectivity index (χ1v) is 7.71. The van der Waals surface area contributed by atoms with Crippen LogP contribution in [0.15, 0.2) is 22.7 Å². The lowest BCUT2D eigenvalue weighted by Crippen LogP contribution is -2.32. The van der Waals surface area contributed by atoms with Gasteiger partial charge >= 0.3 is 0 Å². The molecule has 2 nitrogen and oxygen atoms in total. The van der Waals surface area contributed by atoms with Crippen LogP contribution in [0.2, 0.25) is 0 Å². The van der Waals surface area contributed by atoms with Gasteiger partial charge in [0.15, 0.2) is 0 Å². The van der Waals surface area contributed by atoms with Crippen molar-refractivity contribution in [2.45, 2.75) is 38.3 Å².